The first-order chi connectivity index (χ1) is 7.75. The van der Waals surface area contributed by atoms with E-state index in [1.807, 2.05) is 30.3 Å². The number of hydrogen-bond acceptors (Lipinski definition) is 2. The standard InChI is InChI=1S/C13H15FO2/c14-12-8-11(6-7-13(12)15)16-9-10-4-2-1-3-5-10/h1-5,11-12H,6-9H2/t11-,12-/m0/s1. The van der Waals surface area contributed by atoms with Gasteiger partial charge in [0.2, 0.25) is 0 Å². The molecular weight excluding hydrogens is 207 g/mol. The molecule has 2 nitrogen and oxygen atoms in total. The van der Waals surface area contributed by atoms with Gasteiger partial charge >= 0.3 is 0 Å². The topological polar surface area (TPSA) is 26.3 Å². The Balaban J connectivity index is 1.81. The molecule has 2 rings (SSSR count). The third kappa shape index (κ3) is 2.89. The average Bonchev–Trinajstić information content (AvgIpc) is 2.32. The van der Waals surface area contributed by atoms with E-state index in [0.29, 0.717) is 19.4 Å². The Morgan fingerprint density at radius 1 is 1.31 bits per heavy atom. The van der Waals surface area contributed by atoms with Gasteiger partial charge in [0.25, 0.3) is 0 Å². The SMILES string of the molecule is O=C1CC[C@H](OCc2ccccc2)C[C@@H]1F. The van der Waals surface area contributed by atoms with Crippen LogP contribution in [0.2, 0.25) is 0 Å². The predicted molar refractivity (Wildman–Crippen MR) is 58.8 cm³/mol. The van der Waals surface area contributed by atoms with Gasteiger partial charge in [0.15, 0.2) is 12.0 Å². The van der Waals surface area contributed by atoms with Gasteiger partial charge in [-0.15, -0.1) is 0 Å². The van der Waals surface area contributed by atoms with Gasteiger partial charge in [-0.3, -0.25) is 4.79 Å². The number of Topliss-reactive ketones (excluding diaryl/α,β-unsaturated/α-hetero) is 1. The van der Waals surface area contributed by atoms with Crippen LogP contribution in [-0.4, -0.2) is 18.1 Å². The van der Waals surface area contributed by atoms with Crippen molar-refractivity contribution in [1.29, 1.82) is 0 Å². The molecule has 1 aromatic carbocycles. The maximum absolute atomic E-state index is 13.1. The number of rotatable bonds is 3. The molecule has 0 heterocycles. The summed E-state index contributed by atoms with van der Waals surface area (Å²) in [5.41, 5.74) is 1.08. The number of carbonyl (C=O) groups excluding carboxylic acids is 1. The van der Waals surface area contributed by atoms with E-state index in [-0.39, 0.29) is 18.3 Å². The van der Waals surface area contributed by atoms with Crippen LogP contribution >= 0.6 is 0 Å². The average molecular weight is 222 g/mol. The maximum atomic E-state index is 13.1. The van der Waals surface area contributed by atoms with E-state index >= 15 is 0 Å². The van der Waals surface area contributed by atoms with Gasteiger partial charge in [-0.1, -0.05) is 30.3 Å². The number of hydrogen-bond donors (Lipinski definition) is 0. The smallest absolute Gasteiger partial charge is 0.167 e. The largest absolute Gasteiger partial charge is 0.373 e. The molecule has 1 aliphatic carbocycles. The van der Waals surface area contributed by atoms with E-state index in [1.54, 1.807) is 0 Å². The minimum absolute atomic E-state index is 0.118. The van der Waals surface area contributed by atoms with E-state index in [9.17, 15) is 9.18 Å². The van der Waals surface area contributed by atoms with Crippen molar-refractivity contribution >= 4 is 5.78 Å². The number of carbonyl (C=O) groups is 1. The van der Waals surface area contributed by atoms with Crippen LogP contribution in [0.25, 0.3) is 0 Å². The highest BCUT2D eigenvalue weighted by atomic mass is 19.1. The molecule has 86 valence electrons. The zero-order valence-electron chi connectivity index (χ0n) is 9.06. The Morgan fingerprint density at radius 3 is 2.75 bits per heavy atom. The summed E-state index contributed by atoms with van der Waals surface area (Å²) in [6.07, 6.45) is -0.277. The molecule has 0 spiro atoms. The van der Waals surface area contributed by atoms with E-state index in [0.717, 1.165) is 5.56 Å². The van der Waals surface area contributed by atoms with Gasteiger partial charge in [0.1, 0.15) is 0 Å². The Hall–Kier alpha value is -1.22. The second kappa shape index (κ2) is 5.21. The van der Waals surface area contributed by atoms with Gasteiger partial charge < -0.3 is 4.74 Å². The van der Waals surface area contributed by atoms with Crippen LogP contribution in [0.3, 0.4) is 0 Å². The Kier molecular flexibility index (Phi) is 3.67. The predicted octanol–water partition coefficient (Wildman–Crippen LogP) is 2.66. The molecule has 0 saturated heterocycles. The first kappa shape index (κ1) is 11.3. The van der Waals surface area contributed by atoms with Crippen molar-refractivity contribution in [2.45, 2.75) is 38.1 Å². The Bertz CT molecular complexity index is 350. The monoisotopic (exact) mass is 222 g/mol. The van der Waals surface area contributed by atoms with Crippen LogP contribution in [-0.2, 0) is 16.1 Å². The van der Waals surface area contributed by atoms with Gasteiger partial charge in [-0.2, -0.15) is 0 Å². The molecule has 0 aliphatic heterocycles. The lowest BCUT2D eigenvalue weighted by Gasteiger charge is -2.23. The molecule has 1 fully saturated rings. The van der Waals surface area contributed by atoms with Crippen LogP contribution in [0.1, 0.15) is 24.8 Å². The van der Waals surface area contributed by atoms with Crippen molar-refractivity contribution in [2.75, 3.05) is 0 Å². The van der Waals surface area contributed by atoms with E-state index < -0.39 is 6.17 Å². The van der Waals surface area contributed by atoms with Crippen LogP contribution < -0.4 is 0 Å². The van der Waals surface area contributed by atoms with E-state index in [4.69, 9.17) is 4.74 Å². The minimum Gasteiger partial charge on any atom is -0.373 e. The molecule has 3 heteroatoms. The normalized spacial score (nSPS) is 25.7. The number of alkyl halides is 1. The zero-order valence-corrected chi connectivity index (χ0v) is 9.06. The fourth-order valence-corrected chi connectivity index (χ4v) is 1.88. The number of benzene rings is 1. The summed E-state index contributed by atoms with van der Waals surface area (Å²) >= 11 is 0. The van der Waals surface area contributed by atoms with Crippen LogP contribution in [0.15, 0.2) is 30.3 Å². The molecule has 0 unspecified atom stereocenters. The van der Waals surface area contributed by atoms with Crippen molar-refractivity contribution in [1.82, 2.24) is 0 Å². The van der Waals surface area contributed by atoms with Crippen LogP contribution in [0, 0.1) is 0 Å². The Morgan fingerprint density at radius 2 is 2.06 bits per heavy atom. The second-order valence-corrected chi connectivity index (χ2v) is 4.13. The molecular formula is C13H15FO2. The lowest BCUT2D eigenvalue weighted by atomic mass is 9.95. The molecule has 0 bridgehead atoms. The van der Waals surface area contributed by atoms with Gasteiger partial charge in [-0.25, -0.2) is 4.39 Å². The number of halogens is 1. The summed E-state index contributed by atoms with van der Waals surface area (Å²) in [6, 6.07) is 9.78. The molecule has 1 aromatic rings. The zero-order chi connectivity index (χ0) is 11.4. The van der Waals surface area contributed by atoms with Crippen molar-refractivity contribution in [2.24, 2.45) is 0 Å². The summed E-state index contributed by atoms with van der Waals surface area (Å²) in [5.74, 6) is -0.278. The lowest BCUT2D eigenvalue weighted by Crippen LogP contribution is -2.30. The molecule has 0 N–H and O–H groups in total. The quantitative estimate of drug-likeness (QED) is 0.786. The first-order valence-corrected chi connectivity index (χ1v) is 5.58. The second-order valence-electron chi connectivity index (χ2n) is 4.13. The summed E-state index contributed by atoms with van der Waals surface area (Å²) in [6.45, 7) is 0.492. The van der Waals surface area contributed by atoms with Crippen LogP contribution in [0.5, 0.6) is 0 Å². The lowest BCUT2D eigenvalue weighted by molar-refractivity contribution is -0.129. The highest BCUT2D eigenvalue weighted by Gasteiger charge is 2.28. The number of ketones is 1. The van der Waals surface area contributed by atoms with Crippen molar-refractivity contribution in [3.05, 3.63) is 35.9 Å². The van der Waals surface area contributed by atoms with Crippen molar-refractivity contribution in [3.8, 4) is 0 Å². The van der Waals surface area contributed by atoms with Crippen molar-refractivity contribution < 1.29 is 13.9 Å². The fourth-order valence-electron chi connectivity index (χ4n) is 1.88. The van der Waals surface area contributed by atoms with Gasteiger partial charge in [0, 0.05) is 12.8 Å². The molecule has 0 amide bonds. The first-order valence-electron chi connectivity index (χ1n) is 5.58. The third-order valence-corrected chi connectivity index (χ3v) is 2.86. The van der Waals surface area contributed by atoms with Crippen LogP contribution in [0.4, 0.5) is 4.39 Å². The van der Waals surface area contributed by atoms with E-state index in [2.05, 4.69) is 0 Å². The number of ether oxygens (including phenoxy) is 1. The fraction of sp³-hybridized carbons (Fsp3) is 0.462. The van der Waals surface area contributed by atoms with Crippen molar-refractivity contribution in [3.63, 3.8) is 0 Å². The highest BCUT2D eigenvalue weighted by molar-refractivity contribution is 5.83. The molecule has 16 heavy (non-hydrogen) atoms. The molecule has 1 saturated carbocycles. The van der Waals surface area contributed by atoms with Gasteiger partial charge in [-0.05, 0) is 12.0 Å². The molecule has 2 atom stereocenters. The molecule has 1 aliphatic rings. The van der Waals surface area contributed by atoms with E-state index in [1.165, 1.54) is 0 Å². The third-order valence-electron chi connectivity index (χ3n) is 2.86. The molecule has 0 aromatic heterocycles. The maximum Gasteiger partial charge on any atom is 0.167 e. The Labute approximate surface area is 94.4 Å². The van der Waals surface area contributed by atoms with Gasteiger partial charge in [0.05, 0.1) is 12.7 Å². The highest BCUT2D eigenvalue weighted by Crippen LogP contribution is 2.21. The molecule has 0 radical (unpaired) electrons. The summed E-state index contributed by atoms with van der Waals surface area (Å²) < 4.78 is 18.7. The summed E-state index contributed by atoms with van der Waals surface area (Å²) in [7, 11) is 0. The summed E-state index contributed by atoms with van der Waals surface area (Å²) in [4.78, 5) is 11.0. The summed E-state index contributed by atoms with van der Waals surface area (Å²) in [5, 5.41) is 0. The minimum atomic E-state index is -1.32.